The molecule has 0 bridgehead atoms. The zero-order valence-electron chi connectivity index (χ0n) is 20.1. The van der Waals surface area contributed by atoms with E-state index in [0.29, 0.717) is 30.0 Å². The highest BCUT2D eigenvalue weighted by molar-refractivity contribution is 5.95. The molecule has 0 aliphatic carbocycles. The van der Waals surface area contributed by atoms with E-state index in [1.165, 1.54) is 6.07 Å². The maximum atomic E-state index is 14.7. The second-order valence-electron chi connectivity index (χ2n) is 9.71. The van der Waals surface area contributed by atoms with Crippen LogP contribution in [-0.4, -0.2) is 43.7 Å². The zero-order valence-corrected chi connectivity index (χ0v) is 20.1. The lowest BCUT2D eigenvalue weighted by Gasteiger charge is -2.37. The molecule has 1 aliphatic heterocycles. The van der Waals surface area contributed by atoms with Gasteiger partial charge in [-0.15, -0.1) is 0 Å². The van der Waals surface area contributed by atoms with E-state index in [2.05, 4.69) is 31.4 Å². The Kier molecular flexibility index (Phi) is 7.74. The number of anilines is 2. The van der Waals surface area contributed by atoms with Crippen LogP contribution >= 0.6 is 0 Å². The minimum Gasteiger partial charge on any atom is -0.372 e. The van der Waals surface area contributed by atoms with E-state index in [1.54, 1.807) is 24.3 Å². The Balaban J connectivity index is 1.48. The monoisotopic (exact) mass is 455 g/mol. The van der Waals surface area contributed by atoms with E-state index in [-0.39, 0.29) is 48.2 Å². The lowest BCUT2D eigenvalue weighted by Crippen LogP contribution is -2.45. The van der Waals surface area contributed by atoms with Crippen molar-refractivity contribution in [2.45, 2.75) is 58.7 Å². The third-order valence-corrected chi connectivity index (χ3v) is 5.64. The molecule has 0 radical (unpaired) electrons. The molecule has 2 amide bonds. The molecule has 33 heavy (non-hydrogen) atoms. The van der Waals surface area contributed by atoms with E-state index >= 15 is 0 Å². The van der Waals surface area contributed by atoms with Crippen LogP contribution in [0, 0.1) is 5.82 Å². The van der Waals surface area contributed by atoms with Crippen LogP contribution in [0.4, 0.5) is 15.8 Å². The Morgan fingerprint density at radius 1 is 1.06 bits per heavy atom. The smallest absolute Gasteiger partial charge is 0.251 e. The molecule has 2 aromatic rings. The predicted molar refractivity (Wildman–Crippen MR) is 129 cm³/mol. The van der Waals surface area contributed by atoms with Gasteiger partial charge in [0, 0.05) is 37.3 Å². The molecule has 1 saturated heterocycles. The van der Waals surface area contributed by atoms with Gasteiger partial charge < -0.3 is 20.3 Å². The SMILES string of the molecule is CC1CN(c2ccc(NC(=O)CCNC(=O)c3ccc(C(C)(C)C)cc3)cc2F)CC(C)O1. The summed E-state index contributed by atoms with van der Waals surface area (Å²) in [5, 5.41) is 5.45. The van der Waals surface area contributed by atoms with Crippen LogP contribution in [0.1, 0.15) is 57.0 Å². The van der Waals surface area contributed by atoms with Crippen molar-refractivity contribution in [3.63, 3.8) is 0 Å². The second kappa shape index (κ2) is 10.3. The molecular formula is C26H34FN3O3. The number of halogens is 1. The Hall–Kier alpha value is -2.93. The average Bonchev–Trinajstić information content (AvgIpc) is 2.72. The molecule has 1 heterocycles. The van der Waals surface area contributed by atoms with Crippen molar-refractivity contribution < 1.29 is 18.7 Å². The highest BCUT2D eigenvalue weighted by Crippen LogP contribution is 2.26. The standard InChI is InChI=1S/C26H34FN3O3/c1-17-15-30(16-18(2)33-17)23-11-10-21(14-22(23)27)29-24(31)12-13-28-25(32)19-6-8-20(9-7-19)26(3,4)5/h6-11,14,17-18H,12-13,15-16H2,1-5H3,(H,28,32)(H,29,31). The molecule has 6 nitrogen and oxygen atoms in total. The fraction of sp³-hybridized carbons (Fsp3) is 0.462. The first kappa shape index (κ1) is 24.7. The van der Waals surface area contributed by atoms with Gasteiger partial charge in [-0.2, -0.15) is 0 Å². The van der Waals surface area contributed by atoms with Gasteiger partial charge in [0.25, 0.3) is 5.91 Å². The van der Waals surface area contributed by atoms with Crippen molar-refractivity contribution >= 4 is 23.2 Å². The first-order chi connectivity index (χ1) is 15.5. The molecule has 0 saturated carbocycles. The topological polar surface area (TPSA) is 70.7 Å². The Morgan fingerprint density at radius 3 is 2.27 bits per heavy atom. The Labute approximate surface area is 195 Å². The molecule has 1 aliphatic rings. The molecule has 3 rings (SSSR count). The minimum atomic E-state index is -0.388. The van der Waals surface area contributed by atoms with Gasteiger partial charge in [-0.1, -0.05) is 32.9 Å². The van der Waals surface area contributed by atoms with Gasteiger partial charge in [0.05, 0.1) is 17.9 Å². The minimum absolute atomic E-state index is 0.0177. The number of carbonyl (C=O) groups excluding carboxylic acids is 2. The first-order valence-electron chi connectivity index (χ1n) is 11.4. The fourth-order valence-corrected chi connectivity index (χ4v) is 3.95. The number of benzene rings is 2. The van der Waals surface area contributed by atoms with Crippen LogP contribution in [0.5, 0.6) is 0 Å². The summed E-state index contributed by atoms with van der Waals surface area (Å²) in [5.74, 6) is -0.909. The third kappa shape index (κ3) is 6.78. The van der Waals surface area contributed by atoms with Crippen molar-refractivity contribution in [2.24, 2.45) is 0 Å². The van der Waals surface area contributed by atoms with Crippen molar-refractivity contribution in [1.29, 1.82) is 0 Å². The number of ether oxygens (including phenoxy) is 1. The van der Waals surface area contributed by atoms with E-state index in [9.17, 15) is 14.0 Å². The summed E-state index contributed by atoms with van der Waals surface area (Å²) in [4.78, 5) is 26.5. The largest absolute Gasteiger partial charge is 0.372 e. The van der Waals surface area contributed by atoms with Crippen LogP contribution in [-0.2, 0) is 14.9 Å². The number of nitrogens with one attached hydrogen (secondary N) is 2. The summed E-state index contributed by atoms with van der Waals surface area (Å²) in [7, 11) is 0. The first-order valence-corrected chi connectivity index (χ1v) is 11.4. The average molecular weight is 456 g/mol. The van der Waals surface area contributed by atoms with Gasteiger partial charge in [-0.25, -0.2) is 4.39 Å². The van der Waals surface area contributed by atoms with Crippen LogP contribution in [0.25, 0.3) is 0 Å². The number of rotatable bonds is 6. The quantitative estimate of drug-likeness (QED) is 0.673. The van der Waals surface area contributed by atoms with Gasteiger partial charge in [-0.05, 0) is 55.2 Å². The molecule has 2 unspecified atom stereocenters. The molecular weight excluding hydrogens is 421 g/mol. The lowest BCUT2D eigenvalue weighted by atomic mass is 9.87. The molecule has 2 atom stereocenters. The van der Waals surface area contributed by atoms with Crippen LogP contribution in [0.3, 0.4) is 0 Å². The Morgan fingerprint density at radius 2 is 1.70 bits per heavy atom. The predicted octanol–water partition coefficient (Wildman–Crippen LogP) is 4.50. The van der Waals surface area contributed by atoms with Crippen molar-refractivity contribution in [3.8, 4) is 0 Å². The van der Waals surface area contributed by atoms with Crippen molar-refractivity contribution in [1.82, 2.24) is 5.32 Å². The molecule has 0 aromatic heterocycles. The summed E-state index contributed by atoms with van der Waals surface area (Å²) < 4.78 is 20.4. The van der Waals surface area contributed by atoms with Crippen LogP contribution < -0.4 is 15.5 Å². The third-order valence-electron chi connectivity index (χ3n) is 5.64. The number of morpholine rings is 1. The molecule has 1 fully saturated rings. The highest BCUT2D eigenvalue weighted by Gasteiger charge is 2.24. The maximum Gasteiger partial charge on any atom is 0.251 e. The second-order valence-corrected chi connectivity index (χ2v) is 9.71. The van der Waals surface area contributed by atoms with Gasteiger partial charge in [-0.3, -0.25) is 9.59 Å². The van der Waals surface area contributed by atoms with Crippen molar-refractivity contribution in [3.05, 3.63) is 59.4 Å². The van der Waals surface area contributed by atoms with E-state index in [1.807, 2.05) is 30.9 Å². The van der Waals surface area contributed by atoms with Gasteiger partial charge in [0.15, 0.2) is 0 Å². The maximum absolute atomic E-state index is 14.7. The summed E-state index contributed by atoms with van der Waals surface area (Å²) in [5.41, 5.74) is 2.60. The number of hydrogen-bond donors (Lipinski definition) is 2. The fourth-order valence-electron chi connectivity index (χ4n) is 3.95. The lowest BCUT2D eigenvalue weighted by molar-refractivity contribution is -0.116. The van der Waals surface area contributed by atoms with E-state index in [0.717, 1.165) is 5.56 Å². The summed E-state index contributed by atoms with van der Waals surface area (Å²) in [6.45, 7) is 11.7. The van der Waals surface area contributed by atoms with Crippen LogP contribution in [0.15, 0.2) is 42.5 Å². The number of hydrogen-bond acceptors (Lipinski definition) is 4. The number of nitrogens with zero attached hydrogens (tertiary/aromatic N) is 1. The summed E-state index contributed by atoms with van der Waals surface area (Å²) >= 11 is 0. The zero-order chi connectivity index (χ0) is 24.2. The molecule has 2 N–H and O–H groups in total. The molecule has 2 aromatic carbocycles. The van der Waals surface area contributed by atoms with E-state index < -0.39 is 0 Å². The van der Waals surface area contributed by atoms with Crippen molar-refractivity contribution in [2.75, 3.05) is 29.9 Å². The molecule has 178 valence electrons. The summed E-state index contributed by atoms with van der Waals surface area (Å²) in [6, 6.07) is 12.2. The molecule has 7 heteroatoms. The summed E-state index contributed by atoms with van der Waals surface area (Å²) in [6.07, 6.45) is 0.145. The van der Waals surface area contributed by atoms with Gasteiger partial charge >= 0.3 is 0 Å². The van der Waals surface area contributed by atoms with Gasteiger partial charge in [0.1, 0.15) is 5.82 Å². The number of carbonyl (C=O) groups is 2. The molecule has 0 spiro atoms. The Bertz CT molecular complexity index is 975. The normalized spacial score (nSPS) is 18.7. The highest BCUT2D eigenvalue weighted by atomic mass is 19.1. The number of amides is 2. The van der Waals surface area contributed by atoms with E-state index in [4.69, 9.17) is 4.74 Å². The van der Waals surface area contributed by atoms with Crippen LogP contribution in [0.2, 0.25) is 0 Å². The van der Waals surface area contributed by atoms with Gasteiger partial charge in [0.2, 0.25) is 5.91 Å².